The fourth-order valence-corrected chi connectivity index (χ4v) is 3.23. The maximum Gasteiger partial charge on any atom is 0.218 e. The molecule has 1 aromatic carbocycles. The molecular weight excluding hydrogens is 262 g/mol. The van der Waals surface area contributed by atoms with Crippen LogP contribution in [0.1, 0.15) is 38.2 Å². The molecule has 0 amide bonds. The van der Waals surface area contributed by atoms with Crippen molar-refractivity contribution >= 4 is 16.5 Å². The average molecular weight is 285 g/mol. The Labute approximate surface area is 125 Å². The van der Waals surface area contributed by atoms with Gasteiger partial charge in [-0.25, -0.2) is 4.98 Å². The van der Waals surface area contributed by atoms with Crippen LogP contribution in [0.25, 0.3) is 10.8 Å². The van der Waals surface area contributed by atoms with E-state index in [9.17, 15) is 5.11 Å². The summed E-state index contributed by atoms with van der Waals surface area (Å²) in [6.07, 6.45) is 7.05. The Morgan fingerprint density at radius 1 is 1.29 bits per heavy atom. The van der Waals surface area contributed by atoms with E-state index in [2.05, 4.69) is 23.3 Å². The number of hydrogen-bond acceptors (Lipinski definition) is 4. The number of aryl methyl sites for hydroxylation is 1. The zero-order valence-corrected chi connectivity index (χ0v) is 12.5. The molecule has 3 rings (SSSR count). The van der Waals surface area contributed by atoms with Crippen LogP contribution < -0.4 is 11.1 Å². The molecule has 0 radical (unpaired) electrons. The first-order chi connectivity index (χ1) is 10.2. The van der Waals surface area contributed by atoms with Gasteiger partial charge in [0.25, 0.3) is 0 Å². The maximum atomic E-state index is 10.0. The minimum atomic E-state index is 0.108. The first-order valence-electron chi connectivity index (χ1n) is 7.80. The second-order valence-electron chi connectivity index (χ2n) is 5.94. The number of aromatic hydroxyl groups is 1. The number of nitrogens with zero attached hydrogens (tertiary/aromatic N) is 1. The number of benzene rings is 1. The van der Waals surface area contributed by atoms with Gasteiger partial charge in [0.1, 0.15) is 0 Å². The molecule has 1 fully saturated rings. The number of fused-ring (bicyclic) bond motifs is 1. The van der Waals surface area contributed by atoms with E-state index in [0.717, 1.165) is 48.6 Å². The molecule has 0 atom stereocenters. The summed E-state index contributed by atoms with van der Waals surface area (Å²) in [6, 6.07) is 6.82. The van der Waals surface area contributed by atoms with Crippen molar-refractivity contribution in [2.24, 2.45) is 5.73 Å². The molecule has 1 saturated carbocycles. The van der Waals surface area contributed by atoms with E-state index in [1.165, 1.54) is 5.56 Å². The van der Waals surface area contributed by atoms with Crippen molar-refractivity contribution in [3.8, 4) is 5.88 Å². The first-order valence-corrected chi connectivity index (χ1v) is 7.80. The van der Waals surface area contributed by atoms with E-state index in [0.29, 0.717) is 12.1 Å². The number of rotatable bonds is 3. The van der Waals surface area contributed by atoms with Crippen molar-refractivity contribution in [1.82, 2.24) is 4.98 Å². The lowest BCUT2D eigenvalue weighted by Gasteiger charge is -2.28. The Hall–Kier alpha value is -1.81. The van der Waals surface area contributed by atoms with Gasteiger partial charge in [0.15, 0.2) is 0 Å². The largest absolute Gasteiger partial charge is 0.493 e. The normalized spacial score (nSPS) is 22.4. The SMILES string of the molecule is CCc1cnc(O)c2cccc(N[C@H]3CC[C@H](N)CC3)c12. The number of hydrogen-bond donors (Lipinski definition) is 3. The van der Waals surface area contributed by atoms with Crippen molar-refractivity contribution in [2.75, 3.05) is 5.32 Å². The lowest BCUT2D eigenvalue weighted by atomic mass is 9.91. The molecule has 0 spiro atoms. The second-order valence-corrected chi connectivity index (χ2v) is 5.94. The van der Waals surface area contributed by atoms with Crippen LogP contribution in [0.4, 0.5) is 5.69 Å². The molecule has 0 unspecified atom stereocenters. The summed E-state index contributed by atoms with van der Waals surface area (Å²) in [5.41, 5.74) is 8.24. The van der Waals surface area contributed by atoms with Crippen LogP contribution >= 0.6 is 0 Å². The van der Waals surface area contributed by atoms with Crippen molar-refractivity contribution in [2.45, 2.75) is 51.1 Å². The summed E-state index contributed by atoms with van der Waals surface area (Å²) >= 11 is 0. The Bertz CT molecular complexity index is 633. The molecule has 4 N–H and O–H groups in total. The topological polar surface area (TPSA) is 71.2 Å². The molecule has 0 bridgehead atoms. The highest BCUT2D eigenvalue weighted by molar-refractivity contribution is 5.99. The molecule has 2 aromatic rings. The van der Waals surface area contributed by atoms with E-state index in [1.54, 1.807) is 6.20 Å². The first kappa shape index (κ1) is 14.1. The van der Waals surface area contributed by atoms with Gasteiger partial charge < -0.3 is 16.2 Å². The Balaban J connectivity index is 1.96. The molecule has 21 heavy (non-hydrogen) atoms. The molecule has 1 aliphatic carbocycles. The molecule has 0 saturated heterocycles. The van der Waals surface area contributed by atoms with Crippen molar-refractivity contribution < 1.29 is 5.11 Å². The highest BCUT2D eigenvalue weighted by atomic mass is 16.3. The molecular formula is C17H23N3O. The summed E-state index contributed by atoms with van der Waals surface area (Å²) in [4.78, 5) is 4.09. The van der Waals surface area contributed by atoms with E-state index >= 15 is 0 Å². The Kier molecular flexibility index (Phi) is 3.97. The second kappa shape index (κ2) is 5.90. The van der Waals surface area contributed by atoms with Crippen molar-refractivity contribution in [3.63, 3.8) is 0 Å². The van der Waals surface area contributed by atoms with Gasteiger partial charge in [-0.3, -0.25) is 0 Å². The van der Waals surface area contributed by atoms with Gasteiger partial charge in [-0.05, 0) is 49.8 Å². The molecule has 0 aliphatic heterocycles. The molecule has 1 heterocycles. The Morgan fingerprint density at radius 2 is 2.05 bits per heavy atom. The summed E-state index contributed by atoms with van der Waals surface area (Å²) in [6.45, 7) is 2.11. The molecule has 4 heteroatoms. The van der Waals surface area contributed by atoms with E-state index in [-0.39, 0.29) is 5.88 Å². The lowest BCUT2D eigenvalue weighted by Crippen LogP contribution is -2.32. The lowest BCUT2D eigenvalue weighted by molar-refractivity contribution is 0.411. The predicted octanol–water partition coefficient (Wildman–Crippen LogP) is 3.18. The van der Waals surface area contributed by atoms with Gasteiger partial charge >= 0.3 is 0 Å². The molecule has 4 nitrogen and oxygen atoms in total. The minimum Gasteiger partial charge on any atom is -0.493 e. The number of aromatic nitrogens is 1. The third-order valence-electron chi connectivity index (χ3n) is 4.48. The maximum absolute atomic E-state index is 10.0. The highest BCUT2D eigenvalue weighted by Crippen LogP contribution is 2.33. The van der Waals surface area contributed by atoms with E-state index in [1.807, 2.05) is 12.1 Å². The Morgan fingerprint density at radius 3 is 2.76 bits per heavy atom. The third-order valence-corrected chi connectivity index (χ3v) is 4.48. The van der Waals surface area contributed by atoms with Gasteiger partial charge in [0, 0.05) is 34.7 Å². The van der Waals surface area contributed by atoms with E-state index in [4.69, 9.17) is 5.73 Å². The summed E-state index contributed by atoms with van der Waals surface area (Å²) in [5, 5.41) is 15.6. The zero-order chi connectivity index (χ0) is 14.8. The van der Waals surface area contributed by atoms with E-state index < -0.39 is 0 Å². The van der Waals surface area contributed by atoms with Gasteiger partial charge in [0.2, 0.25) is 5.88 Å². The summed E-state index contributed by atoms with van der Waals surface area (Å²) in [7, 11) is 0. The molecule has 1 aliphatic rings. The predicted molar refractivity (Wildman–Crippen MR) is 86.6 cm³/mol. The smallest absolute Gasteiger partial charge is 0.218 e. The zero-order valence-electron chi connectivity index (χ0n) is 12.5. The fourth-order valence-electron chi connectivity index (χ4n) is 3.23. The third kappa shape index (κ3) is 2.81. The number of pyridine rings is 1. The van der Waals surface area contributed by atoms with Crippen LogP contribution in [0.5, 0.6) is 5.88 Å². The minimum absolute atomic E-state index is 0.108. The van der Waals surface area contributed by atoms with Crippen LogP contribution in [-0.2, 0) is 6.42 Å². The standard InChI is InChI=1S/C17H23N3O/c1-2-11-10-19-17(21)14-4-3-5-15(16(11)14)20-13-8-6-12(18)7-9-13/h3-5,10,12-13,20H,2,6-9,18H2,1H3,(H,19,21)/t12-,13-. The van der Waals surface area contributed by atoms with Crippen molar-refractivity contribution in [1.29, 1.82) is 0 Å². The molecule has 1 aromatic heterocycles. The quantitative estimate of drug-likeness (QED) is 0.810. The van der Waals surface area contributed by atoms with Gasteiger partial charge in [0.05, 0.1) is 0 Å². The van der Waals surface area contributed by atoms with Gasteiger partial charge in [-0.2, -0.15) is 0 Å². The average Bonchev–Trinajstić information content (AvgIpc) is 2.51. The van der Waals surface area contributed by atoms with Crippen LogP contribution in [0, 0.1) is 0 Å². The summed E-state index contributed by atoms with van der Waals surface area (Å²) in [5.74, 6) is 0.108. The monoisotopic (exact) mass is 285 g/mol. The fraction of sp³-hybridized carbons (Fsp3) is 0.471. The number of nitrogens with two attached hydrogens (primary N) is 1. The summed E-state index contributed by atoms with van der Waals surface area (Å²) < 4.78 is 0. The van der Waals surface area contributed by atoms with Crippen LogP contribution in [0.2, 0.25) is 0 Å². The van der Waals surface area contributed by atoms with Gasteiger partial charge in [-0.1, -0.05) is 13.0 Å². The van der Waals surface area contributed by atoms with Crippen LogP contribution in [-0.4, -0.2) is 22.2 Å². The number of nitrogens with one attached hydrogen (secondary N) is 1. The van der Waals surface area contributed by atoms with Crippen LogP contribution in [0.15, 0.2) is 24.4 Å². The molecule has 112 valence electrons. The van der Waals surface area contributed by atoms with Crippen LogP contribution in [0.3, 0.4) is 0 Å². The van der Waals surface area contributed by atoms with Gasteiger partial charge in [-0.15, -0.1) is 0 Å². The highest BCUT2D eigenvalue weighted by Gasteiger charge is 2.19. The van der Waals surface area contributed by atoms with Crippen molar-refractivity contribution in [3.05, 3.63) is 30.0 Å². The number of anilines is 1.